The Hall–Kier alpha value is -3.67. The Kier molecular flexibility index (Phi) is 9.00. The second-order valence-electron chi connectivity index (χ2n) is 7.81. The largest absolute Gasteiger partial charge is 0.493 e. The first-order chi connectivity index (χ1) is 16.1. The number of carbonyl (C=O) groups is 2. The van der Waals surface area contributed by atoms with Crippen LogP contribution in [0.2, 0.25) is 0 Å². The maximum Gasteiger partial charge on any atom is 0.251 e. The number of carbonyl (C=O) groups excluding carboxylic acids is 2. The van der Waals surface area contributed by atoms with E-state index in [1.54, 1.807) is 6.21 Å². The van der Waals surface area contributed by atoms with Crippen LogP contribution >= 0.6 is 0 Å². The predicted molar refractivity (Wildman–Crippen MR) is 133 cm³/mol. The van der Waals surface area contributed by atoms with Gasteiger partial charge < -0.3 is 10.1 Å². The van der Waals surface area contributed by atoms with Gasteiger partial charge in [-0.15, -0.1) is 0 Å². The molecule has 0 fully saturated rings. The zero-order chi connectivity index (χ0) is 23.5. The van der Waals surface area contributed by atoms with Gasteiger partial charge in [0.2, 0.25) is 5.91 Å². The molecule has 0 atom stereocenters. The summed E-state index contributed by atoms with van der Waals surface area (Å²) < 4.78 is 5.69. The van der Waals surface area contributed by atoms with Gasteiger partial charge in [-0.2, -0.15) is 5.10 Å². The average molecular weight is 446 g/mol. The Morgan fingerprint density at radius 2 is 1.70 bits per heavy atom. The van der Waals surface area contributed by atoms with Crippen molar-refractivity contribution >= 4 is 28.8 Å². The molecular formula is C27H31N3O3. The van der Waals surface area contributed by atoms with Crippen LogP contribution in [0.3, 0.4) is 0 Å². The van der Waals surface area contributed by atoms with Crippen molar-refractivity contribution in [2.45, 2.75) is 39.5 Å². The molecule has 0 aromatic heterocycles. The van der Waals surface area contributed by atoms with E-state index in [-0.39, 0.29) is 11.8 Å². The van der Waals surface area contributed by atoms with Crippen LogP contribution in [0.25, 0.3) is 10.8 Å². The number of hydrogen-bond donors (Lipinski definition) is 2. The number of nitrogens with one attached hydrogen (secondary N) is 2. The van der Waals surface area contributed by atoms with Crippen molar-refractivity contribution in [2.24, 2.45) is 5.10 Å². The second-order valence-corrected chi connectivity index (χ2v) is 7.81. The summed E-state index contributed by atoms with van der Waals surface area (Å²) in [4.78, 5) is 24.3. The van der Waals surface area contributed by atoms with Gasteiger partial charge in [-0.3, -0.25) is 9.59 Å². The van der Waals surface area contributed by atoms with Crippen LogP contribution in [0, 0.1) is 6.92 Å². The summed E-state index contributed by atoms with van der Waals surface area (Å²) >= 11 is 0. The Morgan fingerprint density at radius 3 is 2.48 bits per heavy atom. The lowest BCUT2D eigenvalue weighted by atomic mass is 10.0. The summed E-state index contributed by atoms with van der Waals surface area (Å²) in [5.41, 5.74) is 5.18. The molecule has 0 radical (unpaired) electrons. The molecule has 0 aliphatic rings. The van der Waals surface area contributed by atoms with Gasteiger partial charge in [-0.1, -0.05) is 48.9 Å². The zero-order valence-corrected chi connectivity index (χ0v) is 19.3. The molecule has 3 aromatic carbocycles. The third kappa shape index (κ3) is 6.91. The SMILES string of the molecule is CCOc1ccc(/C=N/NC(=O)CCCCCNC(=O)c2ccccc2C)c2ccccc12. The Morgan fingerprint density at radius 1 is 0.939 bits per heavy atom. The van der Waals surface area contributed by atoms with Gasteiger partial charge in [0, 0.05) is 29.5 Å². The molecule has 6 heteroatoms. The van der Waals surface area contributed by atoms with Gasteiger partial charge in [0.25, 0.3) is 5.91 Å². The summed E-state index contributed by atoms with van der Waals surface area (Å²) in [7, 11) is 0. The maximum absolute atomic E-state index is 12.2. The van der Waals surface area contributed by atoms with Gasteiger partial charge in [0.05, 0.1) is 12.8 Å². The number of fused-ring (bicyclic) bond motifs is 1. The molecule has 2 amide bonds. The van der Waals surface area contributed by atoms with Crippen LogP contribution in [-0.2, 0) is 4.79 Å². The highest BCUT2D eigenvalue weighted by Gasteiger charge is 2.07. The summed E-state index contributed by atoms with van der Waals surface area (Å²) in [5.74, 6) is 0.664. The monoisotopic (exact) mass is 445 g/mol. The number of ether oxygens (including phenoxy) is 1. The number of hydrogen-bond acceptors (Lipinski definition) is 4. The number of hydrazone groups is 1. The van der Waals surface area contributed by atoms with Crippen LogP contribution < -0.4 is 15.5 Å². The minimum absolute atomic E-state index is 0.0537. The van der Waals surface area contributed by atoms with Gasteiger partial charge in [0.15, 0.2) is 0 Å². The summed E-state index contributed by atoms with van der Waals surface area (Å²) in [6, 6.07) is 19.4. The number of nitrogens with zero attached hydrogens (tertiary/aromatic N) is 1. The highest BCUT2D eigenvalue weighted by atomic mass is 16.5. The summed E-state index contributed by atoms with van der Waals surface area (Å²) in [5, 5.41) is 9.10. The molecule has 6 nitrogen and oxygen atoms in total. The lowest BCUT2D eigenvalue weighted by molar-refractivity contribution is -0.121. The molecule has 0 saturated carbocycles. The van der Waals surface area contributed by atoms with E-state index in [9.17, 15) is 9.59 Å². The number of unbranched alkanes of at least 4 members (excludes halogenated alkanes) is 2. The highest BCUT2D eigenvalue weighted by Crippen LogP contribution is 2.27. The number of aryl methyl sites for hydroxylation is 1. The van der Waals surface area contributed by atoms with Crippen molar-refractivity contribution < 1.29 is 14.3 Å². The van der Waals surface area contributed by atoms with E-state index < -0.39 is 0 Å². The van der Waals surface area contributed by atoms with Crippen molar-refractivity contribution in [2.75, 3.05) is 13.2 Å². The highest BCUT2D eigenvalue weighted by molar-refractivity contribution is 6.02. The second kappa shape index (κ2) is 12.4. The van der Waals surface area contributed by atoms with Crippen molar-refractivity contribution in [3.8, 4) is 5.75 Å². The summed E-state index contributed by atoms with van der Waals surface area (Å²) in [6.45, 7) is 5.08. The number of benzene rings is 3. The van der Waals surface area contributed by atoms with E-state index in [0.29, 0.717) is 25.1 Å². The fourth-order valence-corrected chi connectivity index (χ4v) is 3.63. The Bertz CT molecular complexity index is 1120. The molecule has 3 aromatic rings. The third-order valence-electron chi connectivity index (χ3n) is 5.37. The molecule has 0 heterocycles. The number of rotatable bonds is 11. The van der Waals surface area contributed by atoms with Gasteiger partial charge in [0.1, 0.15) is 5.75 Å². The minimum Gasteiger partial charge on any atom is -0.493 e. The summed E-state index contributed by atoms with van der Waals surface area (Å²) in [6.07, 6.45) is 4.48. The van der Waals surface area contributed by atoms with Crippen LogP contribution in [-0.4, -0.2) is 31.2 Å². The molecule has 0 aliphatic carbocycles. The smallest absolute Gasteiger partial charge is 0.251 e. The van der Waals surface area contributed by atoms with Crippen molar-refractivity contribution in [3.63, 3.8) is 0 Å². The van der Waals surface area contributed by atoms with E-state index in [1.807, 2.05) is 74.5 Å². The molecule has 0 unspecified atom stereocenters. The molecule has 0 aliphatic heterocycles. The standard InChI is InChI=1S/C27H31N3O3/c1-3-33-25-17-16-21(23-13-8-9-14-24(23)25)19-29-30-26(31)15-5-4-10-18-28-27(32)22-12-7-6-11-20(22)2/h6-9,11-14,16-17,19H,3-5,10,15,18H2,1-2H3,(H,28,32)(H,30,31)/b29-19+. The first kappa shape index (κ1) is 24.0. The normalized spacial score (nSPS) is 11.0. The zero-order valence-electron chi connectivity index (χ0n) is 19.3. The number of amides is 2. The molecule has 0 spiro atoms. The van der Waals surface area contributed by atoms with Crippen LogP contribution in [0.4, 0.5) is 0 Å². The van der Waals surface area contributed by atoms with E-state index in [1.165, 1.54) is 0 Å². The molecule has 0 bridgehead atoms. The first-order valence-corrected chi connectivity index (χ1v) is 11.4. The van der Waals surface area contributed by atoms with Crippen molar-refractivity contribution in [1.29, 1.82) is 0 Å². The van der Waals surface area contributed by atoms with Crippen LogP contribution in [0.5, 0.6) is 5.75 Å². The molecule has 2 N–H and O–H groups in total. The Labute approximate surface area is 195 Å². The van der Waals surface area contributed by atoms with E-state index in [0.717, 1.165) is 46.9 Å². The first-order valence-electron chi connectivity index (χ1n) is 11.4. The maximum atomic E-state index is 12.2. The minimum atomic E-state index is -0.120. The van der Waals surface area contributed by atoms with E-state index in [2.05, 4.69) is 15.8 Å². The molecule has 172 valence electrons. The fourth-order valence-electron chi connectivity index (χ4n) is 3.63. The van der Waals surface area contributed by atoms with Crippen LogP contribution in [0.1, 0.15) is 54.1 Å². The van der Waals surface area contributed by atoms with Crippen molar-refractivity contribution in [3.05, 3.63) is 77.4 Å². The van der Waals surface area contributed by atoms with Gasteiger partial charge >= 0.3 is 0 Å². The lowest BCUT2D eigenvalue weighted by Crippen LogP contribution is -2.25. The molecule has 3 rings (SSSR count). The predicted octanol–water partition coefficient (Wildman–Crippen LogP) is 4.99. The fraction of sp³-hybridized carbons (Fsp3) is 0.296. The topological polar surface area (TPSA) is 79.8 Å². The molecular weight excluding hydrogens is 414 g/mol. The molecule has 0 saturated heterocycles. The van der Waals surface area contributed by atoms with Crippen molar-refractivity contribution in [1.82, 2.24) is 10.7 Å². The molecule has 33 heavy (non-hydrogen) atoms. The third-order valence-corrected chi connectivity index (χ3v) is 5.37. The average Bonchev–Trinajstić information content (AvgIpc) is 2.83. The van der Waals surface area contributed by atoms with Crippen LogP contribution in [0.15, 0.2) is 65.8 Å². The van der Waals surface area contributed by atoms with E-state index >= 15 is 0 Å². The van der Waals surface area contributed by atoms with E-state index in [4.69, 9.17) is 4.74 Å². The lowest BCUT2D eigenvalue weighted by Gasteiger charge is -2.09. The van der Waals surface area contributed by atoms with Gasteiger partial charge in [-0.25, -0.2) is 5.43 Å². The quantitative estimate of drug-likeness (QED) is 0.248. The van der Waals surface area contributed by atoms with Gasteiger partial charge in [-0.05, 0) is 55.8 Å². The Balaban J connectivity index is 1.38.